The highest BCUT2D eigenvalue weighted by Crippen LogP contribution is 2.26. The first kappa shape index (κ1) is 10.9. The third-order valence-electron chi connectivity index (χ3n) is 2.73. The van der Waals surface area contributed by atoms with Crippen molar-refractivity contribution in [3.63, 3.8) is 0 Å². The molecule has 1 aromatic rings. The molecule has 4 nitrogen and oxygen atoms in total. The molecule has 0 atom stereocenters. The van der Waals surface area contributed by atoms with Crippen LogP contribution in [-0.4, -0.2) is 23.7 Å². The summed E-state index contributed by atoms with van der Waals surface area (Å²) in [6, 6.07) is 3.13. The van der Waals surface area contributed by atoms with Crippen molar-refractivity contribution in [3.8, 4) is 0 Å². The van der Waals surface area contributed by atoms with Gasteiger partial charge in [0, 0.05) is 32.1 Å². The molecule has 2 rings (SSSR count). The number of nitrogen functional groups attached to an aromatic ring is 1. The summed E-state index contributed by atoms with van der Waals surface area (Å²) >= 11 is 0. The number of nitrogens with zero attached hydrogens (tertiary/aromatic N) is 2. The van der Waals surface area contributed by atoms with E-state index in [0.717, 1.165) is 0 Å². The van der Waals surface area contributed by atoms with E-state index < -0.39 is 5.92 Å². The van der Waals surface area contributed by atoms with Crippen molar-refractivity contribution in [1.82, 2.24) is 4.68 Å². The summed E-state index contributed by atoms with van der Waals surface area (Å²) in [5.41, 5.74) is 5.24. The fraction of sp³-hybridized carbons (Fsp3) is 0.500. The predicted molar refractivity (Wildman–Crippen MR) is 57.2 cm³/mol. The number of hydrogen-bond acceptors (Lipinski definition) is 3. The zero-order valence-electron chi connectivity index (χ0n) is 8.70. The zero-order valence-corrected chi connectivity index (χ0v) is 8.70. The van der Waals surface area contributed by atoms with Crippen LogP contribution < -0.4 is 16.3 Å². The van der Waals surface area contributed by atoms with Crippen LogP contribution in [0.15, 0.2) is 23.1 Å². The van der Waals surface area contributed by atoms with E-state index in [2.05, 4.69) is 0 Å². The Kier molecular flexibility index (Phi) is 2.57. The quantitative estimate of drug-likeness (QED) is 0.774. The van der Waals surface area contributed by atoms with Gasteiger partial charge in [-0.2, -0.15) is 0 Å². The number of hydrogen-bond donors (Lipinski definition) is 1. The average molecular weight is 229 g/mol. The minimum Gasteiger partial charge on any atom is -0.394 e. The number of alkyl halides is 2. The SMILES string of the molecule is Nc1cccn(N2CCC(F)(F)CC2)c1=O. The molecule has 0 bridgehead atoms. The van der Waals surface area contributed by atoms with Gasteiger partial charge in [0.05, 0.1) is 5.69 Å². The van der Waals surface area contributed by atoms with Crippen LogP contribution >= 0.6 is 0 Å². The van der Waals surface area contributed by atoms with Gasteiger partial charge in [0.2, 0.25) is 0 Å². The molecule has 1 aliphatic heterocycles. The molecule has 6 heteroatoms. The summed E-state index contributed by atoms with van der Waals surface area (Å²) in [5, 5.41) is 1.59. The van der Waals surface area contributed by atoms with Gasteiger partial charge in [0.1, 0.15) is 0 Å². The van der Waals surface area contributed by atoms with Crippen molar-refractivity contribution < 1.29 is 8.78 Å². The van der Waals surface area contributed by atoms with Gasteiger partial charge >= 0.3 is 0 Å². The first-order valence-electron chi connectivity index (χ1n) is 5.10. The first-order chi connectivity index (χ1) is 7.49. The molecule has 0 unspecified atom stereocenters. The van der Waals surface area contributed by atoms with Gasteiger partial charge < -0.3 is 10.7 Å². The van der Waals surface area contributed by atoms with E-state index in [9.17, 15) is 13.6 Å². The number of rotatable bonds is 1. The normalized spacial score (nSPS) is 19.8. The van der Waals surface area contributed by atoms with Gasteiger partial charge in [-0.25, -0.2) is 13.5 Å². The van der Waals surface area contributed by atoms with Gasteiger partial charge in [-0.05, 0) is 12.1 Å². The number of halogens is 2. The summed E-state index contributed by atoms with van der Waals surface area (Å²) in [6.07, 6.45) is 1.09. The van der Waals surface area contributed by atoms with E-state index in [1.165, 1.54) is 10.7 Å². The topological polar surface area (TPSA) is 51.3 Å². The molecule has 0 amide bonds. The Morgan fingerprint density at radius 3 is 2.56 bits per heavy atom. The molecule has 1 saturated heterocycles. The molecule has 0 aromatic carbocycles. The smallest absolute Gasteiger partial charge is 0.292 e. The average Bonchev–Trinajstić information content (AvgIpc) is 2.23. The fourth-order valence-corrected chi connectivity index (χ4v) is 1.76. The Bertz CT molecular complexity index is 434. The Labute approximate surface area is 91.2 Å². The summed E-state index contributed by atoms with van der Waals surface area (Å²) < 4.78 is 27.2. The molecule has 0 radical (unpaired) electrons. The Hall–Kier alpha value is -1.59. The third-order valence-corrected chi connectivity index (χ3v) is 2.73. The molecule has 1 aromatic heterocycles. The van der Waals surface area contributed by atoms with E-state index in [1.54, 1.807) is 17.3 Å². The predicted octanol–water partition coefficient (Wildman–Crippen LogP) is 0.798. The van der Waals surface area contributed by atoms with Gasteiger partial charge in [-0.1, -0.05) is 0 Å². The summed E-state index contributed by atoms with van der Waals surface area (Å²) in [4.78, 5) is 11.6. The number of nitrogens with two attached hydrogens (primary N) is 1. The van der Waals surface area contributed by atoms with Crippen LogP contribution in [0, 0.1) is 0 Å². The zero-order chi connectivity index (χ0) is 11.8. The molecule has 0 saturated carbocycles. The third kappa shape index (κ3) is 2.00. The van der Waals surface area contributed by atoms with Crippen molar-refractivity contribution >= 4 is 5.69 Å². The van der Waals surface area contributed by atoms with Crippen molar-refractivity contribution in [2.75, 3.05) is 23.8 Å². The largest absolute Gasteiger partial charge is 0.394 e. The lowest BCUT2D eigenvalue weighted by atomic mass is 10.1. The molecule has 0 aliphatic carbocycles. The number of aromatic nitrogens is 1. The van der Waals surface area contributed by atoms with Crippen LogP contribution in [-0.2, 0) is 0 Å². The first-order valence-corrected chi connectivity index (χ1v) is 5.10. The van der Waals surface area contributed by atoms with E-state index in [1.807, 2.05) is 0 Å². The lowest BCUT2D eigenvalue weighted by molar-refractivity contribution is -0.0260. The Morgan fingerprint density at radius 2 is 1.94 bits per heavy atom. The molecule has 88 valence electrons. The highest BCUT2D eigenvalue weighted by molar-refractivity contribution is 5.34. The van der Waals surface area contributed by atoms with Gasteiger partial charge in [0.25, 0.3) is 11.5 Å². The van der Waals surface area contributed by atoms with Crippen LogP contribution in [0.25, 0.3) is 0 Å². The van der Waals surface area contributed by atoms with Crippen molar-refractivity contribution in [2.45, 2.75) is 18.8 Å². The summed E-state index contributed by atoms with van der Waals surface area (Å²) in [7, 11) is 0. The summed E-state index contributed by atoms with van der Waals surface area (Å²) in [5.74, 6) is -2.61. The second-order valence-corrected chi connectivity index (χ2v) is 3.92. The highest BCUT2D eigenvalue weighted by Gasteiger charge is 2.34. The van der Waals surface area contributed by atoms with Crippen LogP contribution in [0.1, 0.15) is 12.8 Å². The van der Waals surface area contributed by atoms with Crippen molar-refractivity contribution in [1.29, 1.82) is 0 Å². The second-order valence-electron chi connectivity index (χ2n) is 3.92. The maximum absolute atomic E-state index is 12.9. The van der Waals surface area contributed by atoms with Crippen LogP contribution in [0.5, 0.6) is 0 Å². The monoisotopic (exact) mass is 229 g/mol. The van der Waals surface area contributed by atoms with Crippen molar-refractivity contribution in [2.24, 2.45) is 0 Å². The van der Waals surface area contributed by atoms with Crippen LogP contribution in [0.3, 0.4) is 0 Å². The maximum atomic E-state index is 12.9. The standard InChI is InChI=1S/C10H13F2N3O/c11-10(12)3-6-14(7-4-10)15-5-1-2-8(13)9(15)16/h1-2,5H,3-4,6-7,13H2. The minimum atomic E-state index is -2.61. The Balaban J connectivity index is 2.21. The lowest BCUT2D eigenvalue weighted by Gasteiger charge is -2.34. The molecule has 1 fully saturated rings. The Morgan fingerprint density at radius 1 is 1.31 bits per heavy atom. The van der Waals surface area contributed by atoms with Gasteiger partial charge in [0.15, 0.2) is 0 Å². The molecular weight excluding hydrogens is 216 g/mol. The molecule has 16 heavy (non-hydrogen) atoms. The highest BCUT2D eigenvalue weighted by atomic mass is 19.3. The number of piperidine rings is 1. The number of anilines is 1. The number of pyridine rings is 1. The summed E-state index contributed by atoms with van der Waals surface area (Å²) in [6.45, 7) is 0.326. The molecule has 0 spiro atoms. The van der Waals surface area contributed by atoms with Gasteiger partial charge in [-0.3, -0.25) is 4.79 Å². The minimum absolute atomic E-state index is 0.125. The van der Waals surface area contributed by atoms with E-state index in [4.69, 9.17) is 5.73 Å². The van der Waals surface area contributed by atoms with Crippen LogP contribution in [0.2, 0.25) is 0 Å². The van der Waals surface area contributed by atoms with E-state index >= 15 is 0 Å². The molecule has 1 aliphatic rings. The lowest BCUT2D eigenvalue weighted by Crippen LogP contribution is -2.49. The van der Waals surface area contributed by atoms with Gasteiger partial charge in [-0.15, -0.1) is 0 Å². The van der Waals surface area contributed by atoms with Crippen molar-refractivity contribution in [3.05, 3.63) is 28.7 Å². The molecular formula is C10H13F2N3O. The van der Waals surface area contributed by atoms with E-state index in [0.29, 0.717) is 0 Å². The fourth-order valence-electron chi connectivity index (χ4n) is 1.76. The maximum Gasteiger partial charge on any atom is 0.292 e. The molecule has 2 heterocycles. The van der Waals surface area contributed by atoms with Crippen LogP contribution in [0.4, 0.5) is 14.5 Å². The van der Waals surface area contributed by atoms with E-state index in [-0.39, 0.29) is 37.2 Å². The molecule has 2 N–H and O–H groups in total. The second kappa shape index (κ2) is 3.77.